The zero-order valence-electron chi connectivity index (χ0n) is 28.3. The molecule has 0 bridgehead atoms. The smallest absolute Gasteiger partial charge is 0.0900 e. The summed E-state index contributed by atoms with van der Waals surface area (Å²) >= 11 is 3.86. The molecule has 0 amide bonds. The number of aromatic nitrogens is 2. The standard InChI is InChI=1S/C45H45BrN2/c1-3-5-7-14-24-45(25-15-8-6-4-2)40-26-34(20-22-38(40)39-23-21-37(46)30-41(39)45)36-28-42(32-16-10-9-11-17-32)48-44(29-36)43-27-33-18-12-13-19-35(33)31-47-43/h9-13,16-23,26-31H,3-8,14-15,24-25H2,1-2H3. The van der Waals surface area contributed by atoms with Crippen LogP contribution in [0.4, 0.5) is 0 Å². The average molecular weight is 694 g/mol. The fraction of sp³-hybridized carbons (Fsp3) is 0.289. The molecule has 3 heteroatoms. The van der Waals surface area contributed by atoms with E-state index in [1.54, 1.807) is 0 Å². The lowest BCUT2D eigenvalue weighted by molar-refractivity contribution is 0.401. The van der Waals surface area contributed by atoms with E-state index in [9.17, 15) is 0 Å². The lowest BCUT2D eigenvalue weighted by Crippen LogP contribution is -2.25. The summed E-state index contributed by atoms with van der Waals surface area (Å²) < 4.78 is 1.18. The molecule has 0 fully saturated rings. The molecule has 0 spiro atoms. The van der Waals surface area contributed by atoms with Gasteiger partial charge in [0.05, 0.1) is 17.1 Å². The molecule has 0 saturated carbocycles. The van der Waals surface area contributed by atoms with Gasteiger partial charge in [0.1, 0.15) is 0 Å². The number of hydrogen-bond acceptors (Lipinski definition) is 2. The van der Waals surface area contributed by atoms with Gasteiger partial charge in [-0.1, -0.05) is 154 Å². The third kappa shape index (κ3) is 6.50. The molecule has 48 heavy (non-hydrogen) atoms. The predicted molar refractivity (Wildman–Crippen MR) is 207 cm³/mol. The maximum Gasteiger partial charge on any atom is 0.0900 e. The van der Waals surface area contributed by atoms with E-state index in [0.717, 1.165) is 28.0 Å². The van der Waals surface area contributed by atoms with Crippen molar-refractivity contribution in [2.75, 3.05) is 0 Å². The van der Waals surface area contributed by atoms with Crippen molar-refractivity contribution < 1.29 is 0 Å². The number of pyridine rings is 2. The van der Waals surface area contributed by atoms with Crippen molar-refractivity contribution in [1.82, 2.24) is 9.97 Å². The molecule has 0 radical (unpaired) electrons. The van der Waals surface area contributed by atoms with Crippen molar-refractivity contribution in [3.8, 4) is 44.9 Å². The monoisotopic (exact) mass is 692 g/mol. The molecule has 2 heterocycles. The fourth-order valence-corrected chi connectivity index (χ4v) is 8.19. The lowest BCUT2D eigenvalue weighted by Gasteiger charge is -2.33. The third-order valence-corrected chi connectivity index (χ3v) is 10.9. The molecule has 2 aromatic heterocycles. The first-order valence-electron chi connectivity index (χ1n) is 18.0. The van der Waals surface area contributed by atoms with Crippen LogP contribution in [0.5, 0.6) is 0 Å². The molecule has 1 aliphatic rings. The summed E-state index contributed by atoms with van der Waals surface area (Å²) in [5.41, 5.74) is 12.1. The van der Waals surface area contributed by atoms with Crippen LogP contribution in [0.15, 0.2) is 120 Å². The van der Waals surface area contributed by atoms with E-state index in [4.69, 9.17) is 9.97 Å². The maximum atomic E-state index is 5.20. The van der Waals surface area contributed by atoms with Crippen LogP contribution < -0.4 is 0 Å². The van der Waals surface area contributed by atoms with Gasteiger partial charge in [-0.2, -0.15) is 0 Å². The Kier molecular flexibility index (Phi) is 9.86. The minimum Gasteiger partial charge on any atom is -0.254 e. The Morgan fingerprint density at radius 1 is 0.521 bits per heavy atom. The number of halogens is 1. The minimum absolute atomic E-state index is 0.0178. The second kappa shape index (κ2) is 14.6. The molecule has 242 valence electrons. The first-order chi connectivity index (χ1) is 23.6. The largest absolute Gasteiger partial charge is 0.254 e. The van der Waals surface area contributed by atoms with Crippen LogP contribution >= 0.6 is 15.9 Å². The topological polar surface area (TPSA) is 25.8 Å². The number of benzene rings is 4. The molecule has 0 N–H and O–H groups in total. The molecule has 0 unspecified atom stereocenters. The molecular weight excluding hydrogens is 648 g/mol. The van der Waals surface area contributed by atoms with Gasteiger partial charge < -0.3 is 0 Å². The van der Waals surface area contributed by atoms with E-state index in [0.29, 0.717) is 0 Å². The van der Waals surface area contributed by atoms with E-state index in [2.05, 4.69) is 139 Å². The highest BCUT2D eigenvalue weighted by atomic mass is 79.9. The summed E-state index contributed by atoms with van der Waals surface area (Å²) in [6.07, 6.45) is 14.6. The lowest BCUT2D eigenvalue weighted by atomic mass is 9.70. The first kappa shape index (κ1) is 32.5. The minimum atomic E-state index is 0.0178. The van der Waals surface area contributed by atoms with Crippen molar-refractivity contribution in [1.29, 1.82) is 0 Å². The summed E-state index contributed by atoms with van der Waals surface area (Å²) in [4.78, 5) is 10.1. The number of unbranched alkanes of at least 4 members (excludes halogenated alkanes) is 6. The number of fused-ring (bicyclic) bond motifs is 4. The van der Waals surface area contributed by atoms with E-state index < -0.39 is 0 Å². The maximum absolute atomic E-state index is 5.20. The second-order valence-electron chi connectivity index (χ2n) is 13.6. The first-order valence-corrected chi connectivity index (χ1v) is 18.8. The number of hydrogen-bond donors (Lipinski definition) is 0. The predicted octanol–water partition coefficient (Wildman–Crippen LogP) is 13.6. The Labute approximate surface area is 294 Å². The van der Waals surface area contributed by atoms with Gasteiger partial charge >= 0.3 is 0 Å². The highest BCUT2D eigenvalue weighted by Gasteiger charge is 2.42. The number of rotatable bonds is 13. The van der Waals surface area contributed by atoms with Crippen LogP contribution in [0.2, 0.25) is 0 Å². The van der Waals surface area contributed by atoms with Gasteiger partial charge in [0.25, 0.3) is 0 Å². The Bertz CT molecular complexity index is 2020. The Morgan fingerprint density at radius 3 is 1.90 bits per heavy atom. The molecule has 7 rings (SSSR count). The van der Waals surface area contributed by atoms with Crippen LogP contribution in [0, 0.1) is 0 Å². The molecular formula is C45H45BrN2. The molecule has 0 aliphatic heterocycles. The summed E-state index contributed by atoms with van der Waals surface area (Å²) in [6.45, 7) is 4.62. The molecule has 4 aromatic carbocycles. The van der Waals surface area contributed by atoms with Crippen molar-refractivity contribution in [2.45, 2.75) is 83.5 Å². The molecule has 1 aliphatic carbocycles. The van der Waals surface area contributed by atoms with Gasteiger partial charge in [-0.3, -0.25) is 4.98 Å². The normalized spacial score (nSPS) is 13.1. The molecule has 0 atom stereocenters. The van der Waals surface area contributed by atoms with Crippen LogP contribution in [0.3, 0.4) is 0 Å². The Hall–Kier alpha value is -4.08. The van der Waals surface area contributed by atoms with Gasteiger partial charge in [0.15, 0.2) is 0 Å². The third-order valence-electron chi connectivity index (χ3n) is 10.4. The van der Waals surface area contributed by atoms with Crippen molar-refractivity contribution in [3.63, 3.8) is 0 Å². The van der Waals surface area contributed by atoms with Gasteiger partial charge in [-0.15, -0.1) is 0 Å². The van der Waals surface area contributed by atoms with Gasteiger partial charge in [-0.25, -0.2) is 4.98 Å². The van der Waals surface area contributed by atoms with Crippen molar-refractivity contribution in [2.24, 2.45) is 0 Å². The van der Waals surface area contributed by atoms with Crippen molar-refractivity contribution >= 4 is 26.7 Å². The van der Waals surface area contributed by atoms with E-state index in [1.165, 1.54) is 107 Å². The SMILES string of the molecule is CCCCCCC1(CCCCCC)c2cc(Br)ccc2-c2ccc(-c3cc(-c4ccccc4)nc(-c4cc5ccccc5cn4)c3)cc21. The van der Waals surface area contributed by atoms with Gasteiger partial charge in [0, 0.05) is 27.0 Å². The molecule has 2 nitrogen and oxygen atoms in total. The molecule has 0 saturated heterocycles. The summed E-state index contributed by atoms with van der Waals surface area (Å²) in [5, 5.41) is 2.31. The van der Waals surface area contributed by atoms with E-state index >= 15 is 0 Å². The van der Waals surface area contributed by atoms with Crippen LogP contribution in [0.1, 0.15) is 89.2 Å². The highest BCUT2D eigenvalue weighted by Crippen LogP contribution is 2.55. The summed E-state index contributed by atoms with van der Waals surface area (Å²) in [7, 11) is 0. The van der Waals surface area contributed by atoms with Crippen LogP contribution in [-0.4, -0.2) is 9.97 Å². The Balaban J connectivity index is 1.38. The summed E-state index contributed by atoms with van der Waals surface area (Å²) in [5.74, 6) is 0. The van der Waals surface area contributed by atoms with E-state index in [-0.39, 0.29) is 5.41 Å². The van der Waals surface area contributed by atoms with Gasteiger partial charge in [0.2, 0.25) is 0 Å². The Morgan fingerprint density at radius 2 is 1.17 bits per heavy atom. The van der Waals surface area contributed by atoms with Crippen molar-refractivity contribution in [3.05, 3.63) is 131 Å². The highest BCUT2D eigenvalue weighted by molar-refractivity contribution is 9.10. The van der Waals surface area contributed by atoms with E-state index in [1.807, 2.05) is 6.20 Å². The molecule has 6 aromatic rings. The summed E-state index contributed by atoms with van der Waals surface area (Å²) in [6, 6.07) is 39.9. The zero-order valence-corrected chi connectivity index (χ0v) is 29.9. The van der Waals surface area contributed by atoms with Crippen LogP contribution in [-0.2, 0) is 5.41 Å². The average Bonchev–Trinajstić information content (AvgIpc) is 3.39. The zero-order chi connectivity index (χ0) is 32.9. The second-order valence-corrected chi connectivity index (χ2v) is 14.5. The van der Waals surface area contributed by atoms with Gasteiger partial charge in [-0.05, 0) is 88.0 Å². The van der Waals surface area contributed by atoms with Crippen LogP contribution in [0.25, 0.3) is 55.7 Å². The number of nitrogens with zero attached hydrogens (tertiary/aromatic N) is 2. The fourth-order valence-electron chi connectivity index (χ4n) is 7.83. The quantitative estimate of drug-likeness (QED) is 0.113.